The molecule has 0 saturated carbocycles. The van der Waals surface area contributed by atoms with E-state index in [-0.39, 0.29) is 12.2 Å². The monoisotopic (exact) mass is 224 g/mol. The number of aromatic hydroxyl groups is 1. The summed E-state index contributed by atoms with van der Waals surface area (Å²) >= 11 is 4.00. The van der Waals surface area contributed by atoms with Gasteiger partial charge in [0.2, 0.25) is 0 Å². The third kappa shape index (κ3) is 3.67. The molecule has 2 N–H and O–H groups in total. The van der Waals surface area contributed by atoms with E-state index < -0.39 is 5.97 Å². The Kier molecular flexibility index (Phi) is 4.24. The van der Waals surface area contributed by atoms with Crippen LogP contribution >= 0.6 is 12.6 Å². The molecule has 1 aromatic rings. The van der Waals surface area contributed by atoms with E-state index in [0.29, 0.717) is 16.9 Å². The van der Waals surface area contributed by atoms with Crippen LogP contribution in [-0.4, -0.2) is 21.9 Å². The molecule has 0 fully saturated rings. The lowest BCUT2D eigenvalue weighted by molar-refractivity contribution is -0.136. The van der Waals surface area contributed by atoms with Gasteiger partial charge in [0, 0.05) is 11.3 Å². The van der Waals surface area contributed by atoms with Crippen LogP contribution in [0.5, 0.6) is 5.75 Å². The van der Waals surface area contributed by atoms with Crippen molar-refractivity contribution >= 4 is 24.7 Å². The molecule has 3 nitrogen and oxygen atoms in total. The topological polar surface area (TPSA) is 57.5 Å². The second-order valence-electron chi connectivity index (χ2n) is 3.05. The predicted molar refractivity (Wildman–Crippen MR) is 62.3 cm³/mol. The van der Waals surface area contributed by atoms with E-state index in [1.54, 1.807) is 24.3 Å². The summed E-state index contributed by atoms with van der Waals surface area (Å²) in [5.41, 5.74) is 1.28. The highest BCUT2D eigenvalue weighted by molar-refractivity contribution is 7.80. The van der Waals surface area contributed by atoms with Gasteiger partial charge in [0.25, 0.3) is 0 Å². The molecule has 0 heterocycles. The largest absolute Gasteiger partial charge is 0.507 e. The Morgan fingerprint density at radius 1 is 1.47 bits per heavy atom. The van der Waals surface area contributed by atoms with Crippen LogP contribution in [0.25, 0.3) is 6.08 Å². The molecule has 0 aliphatic carbocycles. The first-order valence-corrected chi connectivity index (χ1v) is 5.08. The summed E-state index contributed by atoms with van der Waals surface area (Å²) in [6, 6.07) is 4.75. The van der Waals surface area contributed by atoms with E-state index in [9.17, 15) is 9.90 Å². The van der Waals surface area contributed by atoms with Crippen LogP contribution < -0.4 is 0 Å². The van der Waals surface area contributed by atoms with Crippen molar-refractivity contribution in [3.63, 3.8) is 0 Å². The van der Waals surface area contributed by atoms with Crippen LogP contribution in [-0.2, 0) is 11.2 Å². The Balaban J connectivity index is 2.94. The smallest absolute Gasteiger partial charge is 0.307 e. The third-order valence-corrected chi connectivity index (χ3v) is 2.06. The van der Waals surface area contributed by atoms with Crippen molar-refractivity contribution in [3.8, 4) is 5.75 Å². The third-order valence-electron chi connectivity index (χ3n) is 1.85. The average Bonchev–Trinajstić information content (AvgIpc) is 2.18. The van der Waals surface area contributed by atoms with Gasteiger partial charge in [0.05, 0.1) is 6.42 Å². The first-order chi connectivity index (χ1) is 7.13. The fourth-order valence-electron chi connectivity index (χ4n) is 1.20. The molecular weight excluding hydrogens is 212 g/mol. The fourth-order valence-corrected chi connectivity index (χ4v) is 1.31. The maximum Gasteiger partial charge on any atom is 0.307 e. The number of phenols is 1. The van der Waals surface area contributed by atoms with Crippen LogP contribution in [0.1, 0.15) is 11.1 Å². The summed E-state index contributed by atoms with van der Waals surface area (Å²) in [5, 5.41) is 18.1. The average molecular weight is 224 g/mol. The van der Waals surface area contributed by atoms with Gasteiger partial charge in [-0.3, -0.25) is 4.79 Å². The highest BCUT2D eigenvalue weighted by atomic mass is 32.1. The first-order valence-electron chi connectivity index (χ1n) is 4.44. The van der Waals surface area contributed by atoms with Gasteiger partial charge < -0.3 is 10.2 Å². The molecule has 0 spiro atoms. The fraction of sp³-hybridized carbons (Fsp3) is 0.182. The maximum absolute atomic E-state index is 10.5. The summed E-state index contributed by atoms with van der Waals surface area (Å²) < 4.78 is 0. The number of hydrogen-bond acceptors (Lipinski definition) is 3. The highest BCUT2D eigenvalue weighted by Gasteiger charge is 2.03. The van der Waals surface area contributed by atoms with Gasteiger partial charge in [0.1, 0.15) is 5.75 Å². The lowest BCUT2D eigenvalue weighted by Gasteiger charge is -2.02. The van der Waals surface area contributed by atoms with Crippen LogP contribution in [0.15, 0.2) is 24.3 Å². The van der Waals surface area contributed by atoms with Crippen molar-refractivity contribution in [3.05, 3.63) is 35.4 Å². The van der Waals surface area contributed by atoms with E-state index in [0.717, 1.165) is 0 Å². The second kappa shape index (κ2) is 5.46. The molecule has 0 aromatic heterocycles. The van der Waals surface area contributed by atoms with Crippen molar-refractivity contribution in [1.29, 1.82) is 0 Å². The zero-order valence-corrected chi connectivity index (χ0v) is 8.95. The van der Waals surface area contributed by atoms with E-state index in [1.807, 2.05) is 0 Å². The van der Waals surface area contributed by atoms with Crippen LogP contribution in [0.3, 0.4) is 0 Å². The number of benzene rings is 1. The number of aliphatic carboxylic acids is 1. The molecule has 0 atom stereocenters. The minimum atomic E-state index is -0.884. The molecule has 80 valence electrons. The van der Waals surface area contributed by atoms with Gasteiger partial charge in [-0.25, -0.2) is 0 Å². The number of rotatable bonds is 4. The zero-order chi connectivity index (χ0) is 11.3. The molecule has 0 unspecified atom stereocenters. The van der Waals surface area contributed by atoms with Gasteiger partial charge in [-0.1, -0.05) is 18.2 Å². The number of carboxylic acids is 1. The number of carbonyl (C=O) groups is 1. The van der Waals surface area contributed by atoms with Crippen molar-refractivity contribution in [2.75, 3.05) is 5.75 Å². The maximum atomic E-state index is 10.5. The van der Waals surface area contributed by atoms with Crippen molar-refractivity contribution in [2.45, 2.75) is 6.42 Å². The zero-order valence-electron chi connectivity index (χ0n) is 8.05. The van der Waals surface area contributed by atoms with Gasteiger partial charge in [-0.2, -0.15) is 12.6 Å². The van der Waals surface area contributed by atoms with Gasteiger partial charge in [-0.05, 0) is 17.7 Å². The molecular formula is C11H12O3S. The SMILES string of the molecule is O=C(O)Cc1ccc(O)c(C=CCS)c1. The molecule has 4 heteroatoms. The summed E-state index contributed by atoms with van der Waals surface area (Å²) in [6.07, 6.45) is 3.46. The molecule has 0 aliphatic heterocycles. The van der Waals surface area contributed by atoms with Crippen molar-refractivity contribution in [1.82, 2.24) is 0 Å². The molecule has 0 saturated heterocycles. The number of carboxylic acid groups (broad SMARTS) is 1. The standard InChI is InChI=1S/C11H12O3S/c12-10-4-3-8(7-11(13)14)6-9(10)2-1-5-15/h1-4,6,12,15H,5,7H2,(H,13,14). The molecule has 0 radical (unpaired) electrons. The van der Waals surface area contributed by atoms with Crippen molar-refractivity contribution < 1.29 is 15.0 Å². The molecule has 0 aliphatic rings. The van der Waals surface area contributed by atoms with E-state index in [1.165, 1.54) is 6.07 Å². The van der Waals surface area contributed by atoms with E-state index in [4.69, 9.17) is 5.11 Å². The Morgan fingerprint density at radius 2 is 2.20 bits per heavy atom. The van der Waals surface area contributed by atoms with Crippen molar-refractivity contribution in [2.24, 2.45) is 0 Å². The first kappa shape index (κ1) is 11.7. The van der Waals surface area contributed by atoms with Crippen LogP contribution in [0, 0.1) is 0 Å². The molecule has 1 aromatic carbocycles. The van der Waals surface area contributed by atoms with E-state index >= 15 is 0 Å². The predicted octanol–water partition coefficient (Wildman–Crippen LogP) is 1.96. The lowest BCUT2D eigenvalue weighted by atomic mass is 10.1. The van der Waals surface area contributed by atoms with Gasteiger partial charge in [-0.15, -0.1) is 0 Å². The summed E-state index contributed by atoms with van der Waals surface area (Å²) in [5.74, 6) is -0.172. The lowest BCUT2D eigenvalue weighted by Crippen LogP contribution is -1.99. The molecule has 1 rings (SSSR count). The Hall–Kier alpha value is -1.42. The summed E-state index contributed by atoms with van der Waals surface area (Å²) in [6.45, 7) is 0. The Bertz CT molecular complexity index is 385. The van der Waals surface area contributed by atoms with E-state index in [2.05, 4.69) is 12.6 Å². The highest BCUT2D eigenvalue weighted by Crippen LogP contribution is 2.20. The van der Waals surface area contributed by atoms with Gasteiger partial charge in [0.15, 0.2) is 0 Å². The number of thiol groups is 1. The second-order valence-corrected chi connectivity index (χ2v) is 3.41. The minimum absolute atomic E-state index is 0.0397. The Morgan fingerprint density at radius 3 is 2.80 bits per heavy atom. The molecule has 0 amide bonds. The van der Waals surface area contributed by atoms with Crippen LogP contribution in [0.2, 0.25) is 0 Å². The molecule has 15 heavy (non-hydrogen) atoms. The van der Waals surface area contributed by atoms with Crippen LogP contribution in [0.4, 0.5) is 0 Å². The summed E-state index contributed by atoms with van der Waals surface area (Å²) in [7, 11) is 0. The Labute approximate surface area is 93.5 Å². The molecule has 0 bridgehead atoms. The number of hydrogen-bond donors (Lipinski definition) is 3. The number of phenolic OH excluding ortho intramolecular Hbond substituents is 1. The minimum Gasteiger partial charge on any atom is -0.507 e. The van der Waals surface area contributed by atoms with Gasteiger partial charge >= 0.3 is 5.97 Å². The quantitative estimate of drug-likeness (QED) is 0.685. The normalized spacial score (nSPS) is 10.7. The summed E-state index contributed by atoms with van der Waals surface area (Å²) in [4.78, 5) is 10.5.